The molecule has 0 aliphatic carbocycles. The molecule has 0 saturated carbocycles. The molecule has 5 nitrogen and oxygen atoms in total. The predicted molar refractivity (Wildman–Crippen MR) is 131 cm³/mol. The molecular weight excluding hydrogens is 471 g/mol. The number of carbonyl (C=O) groups is 2. The summed E-state index contributed by atoms with van der Waals surface area (Å²) in [5.41, 5.74) is 3.05. The number of carboxylic acid groups (broad SMARTS) is 1. The second-order valence-corrected chi connectivity index (χ2v) is 8.60. The van der Waals surface area contributed by atoms with Crippen molar-refractivity contribution in [2.45, 2.75) is 51.9 Å². The van der Waals surface area contributed by atoms with Gasteiger partial charge in [-0.25, -0.2) is 0 Å². The summed E-state index contributed by atoms with van der Waals surface area (Å²) in [6, 6.07) is 16.3. The zero-order valence-corrected chi connectivity index (χ0v) is 20.2. The summed E-state index contributed by atoms with van der Waals surface area (Å²) in [5, 5.41) is 11.4. The molecule has 0 aromatic heterocycles. The van der Waals surface area contributed by atoms with Crippen LogP contribution in [0.2, 0.25) is 0 Å². The molecule has 1 amide bonds. The van der Waals surface area contributed by atoms with E-state index in [2.05, 4.69) is 5.32 Å². The molecule has 190 valence electrons. The van der Waals surface area contributed by atoms with Crippen molar-refractivity contribution in [3.05, 3.63) is 89.0 Å². The maximum Gasteiger partial charge on any atom is 0.416 e. The Morgan fingerprint density at radius 1 is 0.972 bits per heavy atom. The van der Waals surface area contributed by atoms with Crippen LogP contribution >= 0.6 is 0 Å². The van der Waals surface area contributed by atoms with Crippen LogP contribution in [-0.4, -0.2) is 23.0 Å². The Morgan fingerprint density at radius 2 is 1.58 bits per heavy atom. The van der Waals surface area contributed by atoms with E-state index in [1.807, 2.05) is 32.0 Å². The number of alkyl halides is 3. The van der Waals surface area contributed by atoms with Gasteiger partial charge < -0.3 is 15.2 Å². The van der Waals surface area contributed by atoms with Crippen molar-refractivity contribution >= 4 is 11.9 Å². The first-order valence-electron chi connectivity index (χ1n) is 11.6. The topological polar surface area (TPSA) is 75.6 Å². The van der Waals surface area contributed by atoms with Crippen molar-refractivity contribution in [2.75, 3.05) is 0 Å². The molecule has 2 N–H and O–H groups in total. The number of carboxylic acids is 1. The van der Waals surface area contributed by atoms with E-state index >= 15 is 0 Å². The van der Waals surface area contributed by atoms with Gasteiger partial charge in [0.25, 0.3) is 5.91 Å². The number of nitrogens with one attached hydrogen (secondary N) is 1. The lowest BCUT2D eigenvalue weighted by Gasteiger charge is -2.22. The largest absolute Gasteiger partial charge is 0.486 e. The highest BCUT2D eigenvalue weighted by Gasteiger charge is 2.30. The fraction of sp³-hybridized carbons (Fsp3) is 0.286. The van der Waals surface area contributed by atoms with Crippen LogP contribution in [0.3, 0.4) is 0 Å². The molecule has 36 heavy (non-hydrogen) atoms. The van der Waals surface area contributed by atoms with Gasteiger partial charge in [0.2, 0.25) is 0 Å². The lowest BCUT2D eigenvalue weighted by Crippen LogP contribution is -2.38. The number of amides is 1. The molecule has 0 aliphatic rings. The van der Waals surface area contributed by atoms with E-state index in [-0.39, 0.29) is 6.10 Å². The van der Waals surface area contributed by atoms with E-state index in [0.29, 0.717) is 16.9 Å². The molecule has 3 aromatic rings. The number of hydrogen-bond acceptors (Lipinski definition) is 3. The van der Waals surface area contributed by atoms with Gasteiger partial charge >= 0.3 is 12.1 Å². The van der Waals surface area contributed by atoms with Gasteiger partial charge in [-0.1, -0.05) is 43.7 Å². The van der Waals surface area contributed by atoms with Crippen LogP contribution in [0.4, 0.5) is 13.2 Å². The normalized spacial score (nSPS) is 13.1. The van der Waals surface area contributed by atoms with Gasteiger partial charge in [0.15, 0.2) is 0 Å². The maximum atomic E-state index is 12.9. The maximum absolute atomic E-state index is 12.9. The minimum Gasteiger partial charge on any atom is -0.486 e. The molecule has 0 aliphatic heterocycles. The van der Waals surface area contributed by atoms with Crippen molar-refractivity contribution < 1.29 is 32.6 Å². The van der Waals surface area contributed by atoms with Crippen LogP contribution in [0.1, 0.15) is 59.8 Å². The molecule has 8 heteroatoms. The van der Waals surface area contributed by atoms with Crippen LogP contribution in [0.25, 0.3) is 11.1 Å². The number of carbonyl (C=O) groups excluding carboxylic acids is 1. The Kier molecular flexibility index (Phi) is 8.40. The van der Waals surface area contributed by atoms with Crippen molar-refractivity contribution in [3.8, 4) is 16.9 Å². The first-order chi connectivity index (χ1) is 17.0. The Labute approximate surface area is 207 Å². The SMILES string of the molecule is CCCC(Oc1ccc(C(=O)NC(C)C(=O)O)cc1)c1ccc(-c2ccc(C(F)(F)F)cc2)cc1C. The Balaban J connectivity index is 1.76. The predicted octanol–water partition coefficient (Wildman–Crippen LogP) is 6.80. The molecule has 2 unspecified atom stereocenters. The van der Waals surface area contributed by atoms with Gasteiger partial charge in [0.05, 0.1) is 5.56 Å². The third-order valence-corrected chi connectivity index (χ3v) is 5.83. The van der Waals surface area contributed by atoms with E-state index in [4.69, 9.17) is 9.84 Å². The minimum atomic E-state index is -4.37. The highest BCUT2D eigenvalue weighted by atomic mass is 19.4. The average molecular weight is 500 g/mol. The molecule has 0 saturated heterocycles. The van der Waals surface area contributed by atoms with Crippen LogP contribution in [0.15, 0.2) is 66.7 Å². The third kappa shape index (κ3) is 6.65. The lowest BCUT2D eigenvalue weighted by molar-refractivity contribution is -0.139. The number of ether oxygens (including phenoxy) is 1. The highest BCUT2D eigenvalue weighted by molar-refractivity contribution is 5.96. The van der Waals surface area contributed by atoms with Gasteiger partial charge in [0.1, 0.15) is 17.9 Å². The van der Waals surface area contributed by atoms with Gasteiger partial charge in [-0.2, -0.15) is 13.2 Å². The fourth-order valence-electron chi connectivity index (χ4n) is 3.80. The highest BCUT2D eigenvalue weighted by Crippen LogP contribution is 2.33. The second-order valence-electron chi connectivity index (χ2n) is 8.60. The number of hydrogen-bond donors (Lipinski definition) is 2. The number of halogens is 3. The molecular formula is C28H28F3NO4. The smallest absolute Gasteiger partial charge is 0.416 e. The third-order valence-electron chi connectivity index (χ3n) is 5.83. The summed E-state index contributed by atoms with van der Waals surface area (Å²) in [5.74, 6) is -1.05. The molecule has 0 radical (unpaired) electrons. The van der Waals surface area contributed by atoms with E-state index in [9.17, 15) is 22.8 Å². The van der Waals surface area contributed by atoms with Crippen LogP contribution in [0, 0.1) is 6.92 Å². The van der Waals surface area contributed by atoms with Crippen LogP contribution < -0.4 is 10.1 Å². The summed E-state index contributed by atoms with van der Waals surface area (Å²) in [7, 11) is 0. The quantitative estimate of drug-likeness (QED) is 0.339. The van der Waals surface area contributed by atoms with E-state index in [1.165, 1.54) is 19.1 Å². The molecule has 3 aromatic carbocycles. The van der Waals surface area contributed by atoms with Crippen molar-refractivity contribution in [3.63, 3.8) is 0 Å². The Hall–Kier alpha value is -3.81. The van der Waals surface area contributed by atoms with Crippen molar-refractivity contribution in [1.29, 1.82) is 0 Å². The van der Waals surface area contributed by atoms with Gasteiger partial charge in [-0.05, 0) is 78.9 Å². The molecule has 0 spiro atoms. The number of rotatable bonds is 9. The van der Waals surface area contributed by atoms with Gasteiger partial charge in [-0.15, -0.1) is 0 Å². The molecule has 0 bridgehead atoms. The summed E-state index contributed by atoms with van der Waals surface area (Å²) < 4.78 is 44.8. The minimum absolute atomic E-state index is 0.261. The van der Waals surface area contributed by atoms with E-state index in [0.717, 1.165) is 41.7 Å². The molecule has 0 fully saturated rings. The Bertz CT molecular complexity index is 1200. The van der Waals surface area contributed by atoms with Crippen molar-refractivity contribution in [1.82, 2.24) is 5.32 Å². The summed E-state index contributed by atoms with van der Waals surface area (Å²) in [6.45, 7) is 5.36. The first kappa shape index (κ1) is 26.8. The Morgan fingerprint density at radius 3 is 2.11 bits per heavy atom. The monoisotopic (exact) mass is 499 g/mol. The lowest BCUT2D eigenvalue weighted by atomic mass is 9.95. The standard InChI is InChI=1S/C28H28F3NO4/c1-4-5-25(36-23-13-8-20(9-14-23)26(33)32-18(3)27(34)35)24-15-10-21(16-17(24)2)19-6-11-22(12-7-19)28(29,30)31/h6-16,18,25H,4-5H2,1-3H3,(H,32,33)(H,34,35). The number of aryl methyl sites for hydroxylation is 1. The number of aliphatic carboxylic acids is 1. The molecule has 0 heterocycles. The number of benzene rings is 3. The van der Waals surface area contributed by atoms with Crippen molar-refractivity contribution in [2.24, 2.45) is 0 Å². The summed E-state index contributed by atoms with van der Waals surface area (Å²) in [6.07, 6.45) is -3.04. The summed E-state index contributed by atoms with van der Waals surface area (Å²) >= 11 is 0. The average Bonchev–Trinajstić information content (AvgIpc) is 2.83. The zero-order chi connectivity index (χ0) is 26.5. The van der Waals surface area contributed by atoms with E-state index in [1.54, 1.807) is 24.3 Å². The molecule has 3 rings (SSSR count). The second kappa shape index (κ2) is 11.3. The van der Waals surface area contributed by atoms with Crippen LogP contribution in [0.5, 0.6) is 5.75 Å². The van der Waals surface area contributed by atoms with Gasteiger partial charge in [-0.3, -0.25) is 9.59 Å². The van der Waals surface area contributed by atoms with Crippen LogP contribution in [-0.2, 0) is 11.0 Å². The van der Waals surface area contributed by atoms with Gasteiger partial charge in [0, 0.05) is 5.56 Å². The summed E-state index contributed by atoms with van der Waals surface area (Å²) in [4.78, 5) is 23.1. The first-order valence-corrected chi connectivity index (χ1v) is 11.6. The van der Waals surface area contributed by atoms with E-state index < -0.39 is 29.7 Å². The fourth-order valence-corrected chi connectivity index (χ4v) is 3.80. The zero-order valence-electron chi connectivity index (χ0n) is 20.2. The molecule has 2 atom stereocenters.